The molecule has 1 aromatic carbocycles. The minimum atomic E-state index is -1.60. The van der Waals surface area contributed by atoms with Crippen LogP contribution in [0.3, 0.4) is 0 Å². The molecule has 164 valence electrons. The summed E-state index contributed by atoms with van der Waals surface area (Å²) in [5, 5.41) is 50.9. The van der Waals surface area contributed by atoms with Gasteiger partial charge in [0.25, 0.3) is 0 Å². The fourth-order valence-corrected chi connectivity index (χ4v) is 3.78. The molecule has 5 N–H and O–H groups in total. The molecule has 4 rings (SSSR count). The Bertz CT molecular complexity index is 978. The molecular weight excluding hydrogens is 400 g/mol. The van der Waals surface area contributed by atoms with E-state index in [0.717, 1.165) is 0 Å². The number of aliphatic hydroxyl groups excluding tert-OH is 4. The van der Waals surface area contributed by atoms with Crippen LogP contribution in [0.25, 0.3) is 11.0 Å². The number of benzene rings is 1. The lowest BCUT2D eigenvalue weighted by atomic mass is 9.93. The van der Waals surface area contributed by atoms with E-state index in [9.17, 15) is 30.3 Å². The molecule has 2 aliphatic heterocycles. The Morgan fingerprint density at radius 1 is 1.10 bits per heavy atom. The predicted molar refractivity (Wildman–Crippen MR) is 101 cm³/mol. The van der Waals surface area contributed by atoms with Gasteiger partial charge in [-0.1, -0.05) is 0 Å². The van der Waals surface area contributed by atoms with E-state index in [1.807, 2.05) is 0 Å². The van der Waals surface area contributed by atoms with E-state index >= 15 is 0 Å². The number of hydrogen-bond donors (Lipinski definition) is 5. The molecule has 0 aliphatic carbocycles. The summed E-state index contributed by atoms with van der Waals surface area (Å²) in [7, 11) is 0. The van der Waals surface area contributed by atoms with Crippen molar-refractivity contribution in [3.63, 3.8) is 0 Å². The zero-order valence-electron chi connectivity index (χ0n) is 16.3. The van der Waals surface area contributed by atoms with Crippen LogP contribution in [-0.4, -0.2) is 74.6 Å². The van der Waals surface area contributed by atoms with E-state index in [2.05, 4.69) is 0 Å². The van der Waals surface area contributed by atoms with Crippen molar-refractivity contribution in [1.29, 1.82) is 0 Å². The van der Waals surface area contributed by atoms with Gasteiger partial charge in [0.15, 0.2) is 12.4 Å². The van der Waals surface area contributed by atoms with Gasteiger partial charge in [-0.25, -0.2) is 4.79 Å². The van der Waals surface area contributed by atoms with Gasteiger partial charge in [0.2, 0.25) is 0 Å². The zero-order chi connectivity index (χ0) is 21.8. The number of rotatable bonds is 4. The quantitative estimate of drug-likeness (QED) is 0.393. The molecule has 0 unspecified atom stereocenters. The zero-order valence-corrected chi connectivity index (χ0v) is 16.3. The maximum Gasteiger partial charge on any atom is 0.336 e. The summed E-state index contributed by atoms with van der Waals surface area (Å²) in [4.78, 5) is 11.5. The predicted octanol–water partition coefficient (Wildman–Crippen LogP) is -0.818. The molecule has 0 saturated carbocycles. The number of ether oxygens (including phenoxy) is 3. The molecule has 1 saturated heterocycles. The molecule has 0 spiro atoms. The highest BCUT2D eigenvalue weighted by Crippen LogP contribution is 2.45. The maximum absolute atomic E-state index is 11.5. The summed E-state index contributed by atoms with van der Waals surface area (Å²) < 4.78 is 22.4. The van der Waals surface area contributed by atoms with Crippen molar-refractivity contribution in [2.24, 2.45) is 0 Å². The smallest absolute Gasteiger partial charge is 0.336 e. The number of fused-ring (bicyclic) bond motifs is 2. The van der Waals surface area contributed by atoms with E-state index in [-0.39, 0.29) is 0 Å². The standard InChI is InChI=1S/C20H24O10/c1-20(2,26)18-17(30-19-16(25)15(24)14(23)12(7-21)29-19)9-5-8-3-4-13(22)27-10(8)6-11(9)28-18/h3-6,12,14-19,21,23-26H,7H2,1-2H3/t12-,14-,15+,16-,17+,18-,19+/m1/s1. The Labute approximate surface area is 170 Å². The molecule has 2 aromatic rings. The Hall–Kier alpha value is -2.05. The van der Waals surface area contributed by atoms with Crippen molar-refractivity contribution in [3.8, 4) is 5.75 Å². The van der Waals surface area contributed by atoms with Crippen molar-refractivity contribution in [1.82, 2.24) is 0 Å². The lowest BCUT2D eigenvalue weighted by Gasteiger charge is -2.41. The molecule has 30 heavy (non-hydrogen) atoms. The summed E-state index contributed by atoms with van der Waals surface area (Å²) in [6, 6.07) is 6.03. The molecule has 2 aliphatic rings. The Morgan fingerprint density at radius 2 is 1.83 bits per heavy atom. The van der Waals surface area contributed by atoms with Gasteiger partial charge in [0.1, 0.15) is 41.9 Å². The van der Waals surface area contributed by atoms with Crippen LogP contribution in [0.15, 0.2) is 33.5 Å². The normalized spacial score (nSPS) is 34.0. The van der Waals surface area contributed by atoms with Crippen LogP contribution in [0, 0.1) is 0 Å². The summed E-state index contributed by atoms with van der Waals surface area (Å²) in [6.07, 6.45) is -9.13. The van der Waals surface area contributed by atoms with Gasteiger partial charge < -0.3 is 44.2 Å². The Kier molecular flexibility index (Phi) is 5.35. The van der Waals surface area contributed by atoms with Crippen LogP contribution in [0.5, 0.6) is 5.75 Å². The highest BCUT2D eigenvalue weighted by molar-refractivity contribution is 5.80. The van der Waals surface area contributed by atoms with Crippen molar-refractivity contribution in [2.75, 3.05) is 6.61 Å². The first-order chi connectivity index (χ1) is 14.1. The van der Waals surface area contributed by atoms with Gasteiger partial charge in [0, 0.05) is 23.1 Å². The number of hydrogen-bond acceptors (Lipinski definition) is 10. The first-order valence-corrected chi connectivity index (χ1v) is 9.53. The molecular formula is C20H24O10. The molecule has 1 aromatic heterocycles. The monoisotopic (exact) mass is 424 g/mol. The second-order valence-electron chi connectivity index (χ2n) is 8.13. The van der Waals surface area contributed by atoms with Crippen LogP contribution in [0.2, 0.25) is 0 Å². The summed E-state index contributed by atoms with van der Waals surface area (Å²) in [6.45, 7) is 2.45. The van der Waals surface area contributed by atoms with E-state index in [1.54, 1.807) is 12.1 Å². The molecule has 3 heterocycles. The van der Waals surface area contributed by atoms with Crippen LogP contribution in [0.4, 0.5) is 0 Å². The molecule has 0 bridgehead atoms. The second kappa shape index (κ2) is 7.57. The fourth-order valence-electron chi connectivity index (χ4n) is 3.78. The third kappa shape index (κ3) is 3.60. The molecule has 0 amide bonds. The van der Waals surface area contributed by atoms with E-state index in [4.69, 9.17) is 18.6 Å². The molecule has 1 fully saturated rings. The minimum Gasteiger partial charge on any atom is -0.484 e. The third-order valence-electron chi connectivity index (χ3n) is 5.41. The van der Waals surface area contributed by atoms with Crippen molar-refractivity contribution in [3.05, 3.63) is 40.2 Å². The lowest BCUT2D eigenvalue weighted by Crippen LogP contribution is -2.59. The van der Waals surface area contributed by atoms with Gasteiger partial charge in [-0.3, -0.25) is 0 Å². The average molecular weight is 424 g/mol. The lowest BCUT2D eigenvalue weighted by molar-refractivity contribution is -0.319. The summed E-state index contributed by atoms with van der Waals surface area (Å²) in [5.74, 6) is 0.318. The average Bonchev–Trinajstić information content (AvgIpc) is 3.04. The largest absolute Gasteiger partial charge is 0.484 e. The van der Waals surface area contributed by atoms with Crippen molar-refractivity contribution < 1.29 is 44.2 Å². The van der Waals surface area contributed by atoms with Gasteiger partial charge in [0.05, 0.1) is 12.2 Å². The van der Waals surface area contributed by atoms with Crippen LogP contribution < -0.4 is 10.4 Å². The Balaban J connectivity index is 1.72. The van der Waals surface area contributed by atoms with Gasteiger partial charge in [-0.2, -0.15) is 0 Å². The van der Waals surface area contributed by atoms with Crippen LogP contribution in [0.1, 0.15) is 25.5 Å². The molecule has 7 atom stereocenters. The van der Waals surface area contributed by atoms with Crippen molar-refractivity contribution >= 4 is 11.0 Å². The minimum absolute atomic E-state index is 0.296. The summed E-state index contributed by atoms with van der Waals surface area (Å²) >= 11 is 0. The molecule has 10 heteroatoms. The topological polar surface area (TPSA) is 159 Å². The van der Waals surface area contributed by atoms with Crippen LogP contribution >= 0.6 is 0 Å². The summed E-state index contributed by atoms with van der Waals surface area (Å²) in [5.41, 5.74) is -1.09. The van der Waals surface area contributed by atoms with E-state index < -0.39 is 60.7 Å². The Morgan fingerprint density at radius 3 is 2.50 bits per heavy atom. The second-order valence-corrected chi connectivity index (χ2v) is 8.13. The van der Waals surface area contributed by atoms with Crippen molar-refractivity contribution in [2.45, 2.75) is 62.4 Å². The first kappa shape index (κ1) is 21.2. The van der Waals surface area contributed by atoms with Gasteiger partial charge in [-0.05, 0) is 26.0 Å². The highest BCUT2D eigenvalue weighted by atomic mass is 16.7. The fraction of sp³-hybridized carbons (Fsp3) is 0.550. The van der Waals surface area contributed by atoms with E-state index in [1.165, 1.54) is 26.0 Å². The van der Waals surface area contributed by atoms with Gasteiger partial charge >= 0.3 is 5.63 Å². The third-order valence-corrected chi connectivity index (χ3v) is 5.41. The maximum atomic E-state index is 11.5. The number of aliphatic hydroxyl groups is 5. The molecule has 10 nitrogen and oxygen atoms in total. The highest BCUT2D eigenvalue weighted by Gasteiger charge is 2.50. The first-order valence-electron chi connectivity index (χ1n) is 9.53. The van der Waals surface area contributed by atoms with Gasteiger partial charge in [-0.15, -0.1) is 0 Å². The van der Waals surface area contributed by atoms with E-state index in [0.29, 0.717) is 22.3 Å². The molecule has 0 radical (unpaired) electrons. The van der Waals surface area contributed by atoms with Crippen LogP contribution in [-0.2, 0) is 9.47 Å². The SMILES string of the molecule is CC(C)(O)[C@@H]1Oc2cc3oc(=O)ccc3cc2[C@@H]1O[C@@H]1O[C@H](CO)[C@@H](O)[C@H](O)[C@H]1O.